The van der Waals surface area contributed by atoms with E-state index in [2.05, 4.69) is 130 Å². The van der Waals surface area contributed by atoms with Crippen molar-refractivity contribution in [2.24, 2.45) is 5.92 Å². The second kappa shape index (κ2) is 11.4. The molecule has 1 fully saturated rings. The third-order valence-electron chi connectivity index (χ3n) is 10.8. The van der Waals surface area contributed by atoms with Gasteiger partial charge in [-0.25, -0.2) is 0 Å². The summed E-state index contributed by atoms with van der Waals surface area (Å²) in [5, 5.41) is 12.0. The molecule has 3 heterocycles. The van der Waals surface area contributed by atoms with E-state index in [0.717, 1.165) is 37.6 Å². The van der Waals surface area contributed by atoms with Gasteiger partial charge in [0.1, 0.15) is 12.4 Å². The number of carboxylic acid groups (broad SMARTS) is 1. The van der Waals surface area contributed by atoms with Crippen molar-refractivity contribution in [1.29, 1.82) is 0 Å². The van der Waals surface area contributed by atoms with Crippen molar-refractivity contribution in [2.45, 2.75) is 77.6 Å². The fraction of sp³-hybridized carbons (Fsp3) is 0.425. The van der Waals surface area contributed by atoms with Gasteiger partial charge in [0.05, 0.1) is 12.0 Å². The van der Waals surface area contributed by atoms with Gasteiger partial charge in [0.25, 0.3) is 0 Å². The number of aliphatic carboxylic acids is 1. The zero-order valence-electron chi connectivity index (χ0n) is 28.2. The Labute approximate surface area is 269 Å². The smallest absolute Gasteiger partial charge is 0.306 e. The molecule has 0 aromatic heterocycles. The number of carbonyl (C=O) groups is 1. The number of rotatable bonds is 5. The summed E-state index contributed by atoms with van der Waals surface area (Å²) >= 11 is 0. The van der Waals surface area contributed by atoms with Gasteiger partial charge in [-0.05, 0) is 79.2 Å². The van der Waals surface area contributed by atoms with Crippen LogP contribution in [-0.2, 0) is 15.6 Å². The molecule has 1 aliphatic carbocycles. The first-order valence-corrected chi connectivity index (χ1v) is 16.5. The highest BCUT2D eigenvalue weighted by Gasteiger charge is 2.39. The minimum absolute atomic E-state index is 0.0908. The van der Waals surface area contributed by atoms with Crippen LogP contribution in [-0.4, -0.2) is 43.2 Å². The average molecular weight is 604 g/mol. The molecular formula is C40H49N3O2. The fourth-order valence-corrected chi connectivity index (χ4v) is 8.19. The summed E-state index contributed by atoms with van der Waals surface area (Å²) in [6.07, 6.45) is 13.9. The first kappa shape index (κ1) is 31.0. The molecule has 0 bridgehead atoms. The third kappa shape index (κ3) is 5.34. The van der Waals surface area contributed by atoms with E-state index in [1.807, 2.05) is 0 Å². The zero-order valence-corrected chi connectivity index (χ0v) is 28.2. The molecule has 1 saturated heterocycles. The standard InChI is InChI=1S/C40H49N3O2/c1-26-12-16-33-31(24-26)39(3,4)35(41(33)7)18-14-28-10-9-11-29(37(28)43-22-20-30(21-23-43)38(44)45)15-19-36-40(5,6)32-25-27(2)13-17-34(32)42(36)8/h12-19,24-25,30H,1,9-11,20-23H2,2-8H3,(H,44,45). The van der Waals surface area contributed by atoms with Crippen molar-refractivity contribution < 1.29 is 9.90 Å². The molecular weight excluding hydrogens is 554 g/mol. The lowest BCUT2D eigenvalue weighted by Crippen LogP contribution is -2.37. The molecule has 45 heavy (non-hydrogen) atoms. The number of likely N-dealkylation sites (N-methyl/N-ethyl adjacent to an activating group) is 2. The van der Waals surface area contributed by atoms with Crippen LogP contribution in [0.25, 0.3) is 6.58 Å². The lowest BCUT2D eigenvalue weighted by Gasteiger charge is -2.38. The zero-order chi connectivity index (χ0) is 32.3. The minimum atomic E-state index is -0.665. The number of benzene rings is 2. The van der Waals surface area contributed by atoms with Crippen molar-refractivity contribution in [3.8, 4) is 0 Å². The van der Waals surface area contributed by atoms with Crippen molar-refractivity contribution >= 4 is 18.2 Å². The fourth-order valence-electron chi connectivity index (χ4n) is 8.19. The topological polar surface area (TPSA) is 46.8 Å². The molecule has 2 aromatic rings. The maximum Gasteiger partial charge on any atom is 0.306 e. The first-order valence-electron chi connectivity index (χ1n) is 16.5. The van der Waals surface area contributed by atoms with E-state index in [1.54, 1.807) is 0 Å². The van der Waals surface area contributed by atoms with Gasteiger partial charge < -0.3 is 19.5 Å². The van der Waals surface area contributed by atoms with E-state index in [9.17, 15) is 9.90 Å². The number of hydrogen-bond acceptors (Lipinski definition) is 3. The van der Waals surface area contributed by atoms with E-state index in [0.29, 0.717) is 12.8 Å². The Morgan fingerprint density at radius 2 is 1.78 bits per heavy atom. The van der Waals surface area contributed by atoms with Crippen molar-refractivity contribution in [3.63, 3.8) is 0 Å². The third-order valence-corrected chi connectivity index (χ3v) is 10.8. The molecule has 1 N–H and O–H groups in total. The van der Waals surface area contributed by atoms with Crippen molar-refractivity contribution in [3.05, 3.63) is 117 Å². The monoisotopic (exact) mass is 603 g/mol. The minimum Gasteiger partial charge on any atom is -0.481 e. The van der Waals surface area contributed by atoms with E-state index >= 15 is 0 Å². The van der Waals surface area contributed by atoms with E-state index < -0.39 is 5.97 Å². The molecule has 5 heteroatoms. The van der Waals surface area contributed by atoms with Gasteiger partial charge in [0, 0.05) is 48.0 Å². The lowest BCUT2D eigenvalue weighted by molar-refractivity contribution is -0.143. The number of carboxylic acids is 1. The second-order valence-electron chi connectivity index (χ2n) is 14.5. The van der Waals surface area contributed by atoms with E-state index in [1.165, 1.54) is 56.3 Å². The summed E-state index contributed by atoms with van der Waals surface area (Å²) in [5.74, 6) is -0.920. The molecule has 0 atom stereocenters. The molecule has 2 aromatic carbocycles. The second-order valence-corrected chi connectivity index (χ2v) is 14.5. The SMILES string of the molecule is C=c1ccc2c(c1)C(C)(C)[C-](C=CC1=C(N3CCC(C(=O)O)CC3)C(=CC=C3N(C)c4ccc(C)cc4C3(C)C)CCC1)[N+]=2C. The van der Waals surface area contributed by atoms with Crippen LogP contribution in [0, 0.1) is 18.9 Å². The molecule has 5 nitrogen and oxygen atoms in total. The molecule has 0 radical (unpaired) electrons. The molecule has 0 amide bonds. The van der Waals surface area contributed by atoms with Gasteiger partial charge in [0.2, 0.25) is 0 Å². The summed E-state index contributed by atoms with van der Waals surface area (Å²) in [7, 11) is 4.35. The number of piperidine rings is 1. The highest BCUT2D eigenvalue weighted by Crippen LogP contribution is 2.47. The van der Waals surface area contributed by atoms with Crippen LogP contribution in [0.5, 0.6) is 0 Å². The van der Waals surface area contributed by atoms with Crippen molar-refractivity contribution in [2.75, 3.05) is 32.1 Å². The van der Waals surface area contributed by atoms with Crippen LogP contribution in [0.3, 0.4) is 0 Å². The van der Waals surface area contributed by atoms with Crippen LogP contribution >= 0.6 is 0 Å². The molecule has 3 aliphatic heterocycles. The van der Waals surface area contributed by atoms with Gasteiger partial charge in [-0.15, -0.1) is 12.2 Å². The molecule has 4 aliphatic rings. The Kier molecular flexibility index (Phi) is 7.87. The van der Waals surface area contributed by atoms with Gasteiger partial charge >= 0.3 is 5.97 Å². The first-order chi connectivity index (χ1) is 21.3. The Balaban J connectivity index is 1.40. The maximum absolute atomic E-state index is 11.8. The molecule has 6 rings (SSSR count). The Morgan fingerprint density at radius 1 is 1.04 bits per heavy atom. The molecule has 0 saturated carbocycles. The number of nitrogens with zero attached hydrogens (tertiary/aromatic N) is 3. The van der Waals surface area contributed by atoms with Gasteiger partial charge in [-0.3, -0.25) is 4.79 Å². The van der Waals surface area contributed by atoms with Crippen LogP contribution in [0.1, 0.15) is 76.5 Å². The number of hydrogen-bond donors (Lipinski definition) is 1. The average Bonchev–Trinajstić information content (AvgIpc) is 3.30. The summed E-state index contributed by atoms with van der Waals surface area (Å²) in [6, 6.07) is 14.6. The number of anilines is 1. The summed E-state index contributed by atoms with van der Waals surface area (Å²) in [6.45, 7) is 17.2. The van der Waals surface area contributed by atoms with Gasteiger partial charge in [-0.2, -0.15) is 0 Å². The van der Waals surface area contributed by atoms with Crippen molar-refractivity contribution in [1.82, 2.24) is 9.48 Å². The van der Waals surface area contributed by atoms with Gasteiger partial charge in [-0.1, -0.05) is 75.8 Å². The predicted molar refractivity (Wildman–Crippen MR) is 185 cm³/mol. The predicted octanol–water partition coefficient (Wildman–Crippen LogP) is 6.38. The number of likely N-dealkylation sites (tertiary alicyclic amines) is 1. The normalized spacial score (nSPS) is 23.1. The molecule has 0 spiro atoms. The Hall–Kier alpha value is -3.99. The number of aryl methyl sites for hydroxylation is 1. The number of fused-ring (bicyclic) bond motifs is 2. The van der Waals surface area contributed by atoms with Gasteiger partial charge in [0.15, 0.2) is 0 Å². The Bertz CT molecular complexity index is 1780. The van der Waals surface area contributed by atoms with Crippen LogP contribution in [0.4, 0.5) is 5.69 Å². The van der Waals surface area contributed by atoms with E-state index in [4.69, 9.17) is 0 Å². The summed E-state index contributed by atoms with van der Waals surface area (Å²) in [4.78, 5) is 16.6. The molecule has 236 valence electrons. The summed E-state index contributed by atoms with van der Waals surface area (Å²) < 4.78 is 2.32. The maximum atomic E-state index is 11.8. The molecule has 0 unspecified atom stereocenters. The lowest BCUT2D eigenvalue weighted by atomic mass is 9.79. The Morgan fingerprint density at radius 3 is 2.49 bits per heavy atom. The highest BCUT2D eigenvalue weighted by atomic mass is 16.4. The van der Waals surface area contributed by atoms with Crippen LogP contribution in [0.2, 0.25) is 0 Å². The number of allylic oxidation sites excluding steroid dienone is 6. The van der Waals surface area contributed by atoms with E-state index in [-0.39, 0.29) is 16.7 Å². The quantitative estimate of drug-likeness (QED) is 0.318. The van der Waals surface area contributed by atoms with Crippen LogP contribution < -0.4 is 20.1 Å². The van der Waals surface area contributed by atoms with Crippen LogP contribution in [0.15, 0.2) is 83.2 Å². The largest absolute Gasteiger partial charge is 0.481 e. The highest BCUT2D eigenvalue weighted by molar-refractivity contribution is 5.71. The summed E-state index contributed by atoms with van der Waals surface area (Å²) in [5.41, 5.74) is 10.4.